The average molecular weight is 353 g/mol. The molecule has 140 valence electrons. The van der Waals surface area contributed by atoms with Gasteiger partial charge in [0.05, 0.1) is 12.2 Å². The Bertz CT molecular complexity index is 574. The number of hydrogen-bond acceptors (Lipinski definition) is 5. The lowest BCUT2D eigenvalue weighted by Gasteiger charge is -2.28. The minimum atomic E-state index is -0.854. The van der Waals surface area contributed by atoms with Crippen molar-refractivity contribution in [3.05, 3.63) is 17.5 Å². The summed E-state index contributed by atoms with van der Waals surface area (Å²) in [5.41, 5.74) is 0.825. The highest BCUT2D eigenvalue weighted by molar-refractivity contribution is 5.75. The number of alkyl halides is 1. The molecule has 2 fully saturated rings. The van der Waals surface area contributed by atoms with E-state index in [1.54, 1.807) is 4.90 Å². The summed E-state index contributed by atoms with van der Waals surface area (Å²) in [6.45, 7) is 4.92. The van der Waals surface area contributed by atoms with E-state index in [1.807, 2.05) is 20.0 Å². The molecule has 6 nitrogen and oxygen atoms in total. The van der Waals surface area contributed by atoms with Crippen molar-refractivity contribution in [2.75, 3.05) is 33.4 Å². The van der Waals surface area contributed by atoms with Crippen LogP contribution in [0.3, 0.4) is 0 Å². The molecule has 1 amide bonds. The topological polar surface area (TPSA) is 58.8 Å². The quantitative estimate of drug-likeness (QED) is 0.752. The first-order valence-corrected chi connectivity index (χ1v) is 9.13. The molecule has 0 N–H and O–H groups in total. The van der Waals surface area contributed by atoms with Crippen LogP contribution in [0.25, 0.3) is 0 Å². The maximum atomic E-state index is 13.9. The van der Waals surface area contributed by atoms with Gasteiger partial charge in [0.25, 0.3) is 0 Å². The Balaban J connectivity index is 1.49. The fourth-order valence-electron chi connectivity index (χ4n) is 3.74. The largest absolute Gasteiger partial charge is 0.381 e. The van der Waals surface area contributed by atoms with E-state index in [0.29, 0.717) is 38.4 Å². The number of nitrogens with zero attached hydrogens (tertiary/aromatic N) is 3. The monoisotopic (exact) mass is 353 g/mol. The number of likely N-dealkylation sites (N-methyl/N-ethyl adjacent to an activating group) is 1. The number of likely N-dealkylation sites (tertiary alicyclic amines) is 1. The number of halogens is 1. The van der Waals surface area contributed by atoms with Gasteiger partial charge in [-0.05, 0) is 32.1 Å². The van der Waals surface area contributed by atoms with Crippen LogP contribution in [0, 0.1) is 12.8 Å². The minimum absolute atomic E-state index is 0.0178. The predicted octanol–water partition coefficient (Wildman–Crippen LogP) is 2.17. The van der Waals surface area contributed by atoms with E-state index in [-0.39, 0.29) is 11.9 Å². The maximum absolute atomic E-state index is 13.9. The highest BCUT2D eigenvalue weighted by Crippen LogP contribution is 2.24. The molecule has 3 atom stereocenters. The molecule has 2 saturated heterocycles. The molecule has 1 unspecified atom stereocenters. The Kier molecular flexibility index (Phi) is 6.06. The third kappa shape index (κ3) is 5.01. The zero-order valence-electron chi connectivity index (χ0n) is 15.1. The lowest BCUT2D eigenvalue weighted by atomic mass is 10.0. The second-order valence-corrected chi connectivity index (χ2v) is 7.39. The lowest BCUT2D eigenvalue weighted by Crippen LogP contribution is -2.41. The van der Waals surface area contributed by atoms with E-state index < -0.39 is 6.17 Å². The Labute approximate surface area is 148 Å². The van der Waals surface area contributed by atoms with Crippen molar-refractivity contribution in [3.8, 4) is 0 Å². The van der Waals surface area contributed by atoms with Crippen molar-refractivity contribution < 1.29 is 18.4 Å². The van der Waals surface area contributed by atoms with Crippen LogP contribution in [0.15, 0.2) is 10.6 Å². The number of amides is 1. The Morgan fingerprint density at radius 2 is 2.36 bits per heavy atom. The van der Waals surface area contributed by atoms with Gasteiger partial charge in [0.15, 0.2) is 5.76 Å². The van der Waals surface area contributed by atoms with Gasteiger partial charge in [-0.3, -0.25) is 9.69 Å². The number of carbonyl (C=O) groups is 1. The standard InChI is InChI=1S/C18H28FN3O3/c1-13-7-17(25-20-13)11-22-9-15(19)8-16(22)10-21(2)18(23)4-3-14-5-6-24-12-14/h7,14-16H,3-6,8-12H2,1-2H3/t14?,15-,16-/m0/s1. The van der Waals surface area contributed by atoms with Crippen LogP contribution in [0.4, 0.5) is 4.39 Å². The Morgan fingerprint density at radius 3 is 3.04 bits per heavy atom. The lowest BCUT2D eigenvalue weighted by molar-refractivity contribution is -0.130. The number of aryl methyl sites for hydroxylation is 1. The summed E-state index contributed by atoms with van der Waals surface area (Å²) in [5.74, 6) is 1.38. The van der Waals surface area contributed by atoms with Crippen molar-refractivity contribution in [1.82, 2.24) is 15.0 Å². The van der Waals surface area contributed by atoms with Crippen molar-refractivity contribution >= 4 is 5.91 Å². The molecule has 0 radical (unpaired) electrons. The Hall–Kier alpha value is -1.47. The molecule has 3 rings (SSSR count). The van der Waals surface area contributed by atoms with Crippen LogP contribution in [0.1, 0.15) is 37.1 Å². The first kappa shape index (κ1) is 18.3. The third-order valence-electron chi connectivity index (χ3n) is 5.21. The molecular weight excluding hydrogens is 325 g/mol. The van der Waals surface area contributed by atoms with Gasteiger partial charge >= 0.3 is 0 Å². The summed E-state index contributed by atoms with van der Waals surface area (Å²) in [5, 5.41) is 3.88. The number of hydrogen-bond donors (Lipinski definition) is 0. The van der Waals surface area contributed by atoms with Gasteiger partial charge in [0.2, 0.25) is 5.91 Å². The van der Waals surface area contributed by atoms with Crippen LogP contribution >= 0.6 is 0 Å². The maximum Gasteiger partial charge on any atom is 0.222 e. The number of rotatable bonds is 7. The molecule has 0 bridgehead atoms. The summed E-state index contributed by atoms with van der Waals surface area (Å²) in [6, 6.07) is 1.89. The van der Waals surface area contributed by atoms with E-state index >= 15 is 0 Å². The molecule has 2 aliphatic rings. The normalized spacial score (nSPS) is 27.1. The number of carbonyl (C=O) groups excluding carboxylic acids is 1. The van der Waals surface area contributed by atoms with Crippen molar-refractivity contribution in [2.45, 2.75) is 51.4 Å². The van der Waals surface area contributed by atoms with Crippen LogP contribution in [-0.4, -0.2) is 66.4 Å². The van der Waals surface area contributed by atoms with Crippen molar-refractivity contribution in [1.29, 1.82) is 0 Å². The van der Waals surface area contributed by atoms with E-state index in [1.165, 1.54) is 0 Å². The highest BCUT2D eigenvalue weighted by Gasteiger charge is 2.34. The fourth-order valence-corrected chi connectivity index (χ4v) is 3.74. The summed E-state index contributed by atoms with van der Waals surface area (Å²) in [7, 11) is 1.82. The van der Waals surface area contributed by atoms with Gasteiger partial charge < -0.3 is 14.2 Å². The Morgan fingerprint density at radius 1 is 1.52 bits per heavy atom. The van der Waals surface area contributed by atoms with E-state index in [9.17, 15) is 9.18 Å². The fraction of sp³-hybridized carbons (Fsp3) is 0.778. The van der Waals surface area contributed by atoms with Crippen LogP contribution in [0.5, 0.6) is 0 Å². The minimum Gasteiger partial charge on any atom is -0.381 e. The van der Waals surface area contributed by atoms with Gasteiger partial charge in [-0.1, -0.05) is 5.16 Å². The van der Waals surface area contributed by atoms with Crippen LogP contribution < -0.4 is 0 Å². The van der Waals surface area contributed by atoms with E-state index in [4.69, 9.17) is 9.26 Å². The molecular formula is C18H28FN3O3. The van der Waals surface area contributed by atoms with E-state index in [0.717, 1.165) is 37.5 Å². The zero-order valence-corrected chi connectivity index (χ0v) is 15.1. The molecule has 2 aliphatic heterocycles. The molecule has 1 aromatic rings. The molecule has 0 spiro atoms. The molecule has 3 heterocycles. The molecule has 1 aromatic heterocycles. The van der Waals surface area contributed by atoms with Gasteiger partial charge in [0.1, 0.15) is 6.17 Å². The zero-order chi connectivity index (χ0) is 17.8. The highest BCUT2D eigenvalue weighted by atomic mass is 19.1. The van der Waals surface area contributed by atoms with Gasteiger partial charge in [0, 0.05) is 51.9 Å². The molecule has 0 saturated carbocycles. The first-order chi connectivity index (χ1) is 12.0. The van der Waals surface area contributed by atoms with Gasteiger partial charge in [-0.2, -0.15) is 0 Å². The second-order valence-electron chi connectivity index (χ2n) is 7.39. The number of ether oxygens (including phenoxy) is 1. The summed E-state index contributed by atoms with van der Waals surface area (Å²) >= 11 is 0. The summed E-state index contributed by atoms with van der Waals surface area (Å²) in [4.78, 5) is 16.2. The molecule has 0 aromatic carbocycles. The van der Waals surface area contributed by atoms with Gasteiger partial charge in [-0.15, -0.1) is 0 Å². The predicted molar refractivity (Wildman–Crippen MR) is 90.7 cm³/mol. The smallest absolute Gasteiger partial charge is 0.222 e. The average Bonchev–Trinajstić information content (AvgIpc) is 3.29. The van der Waals surface area contributed by atoms with Crippen molar-refractivity contribution in [3.63, 3.8) is 0 Å². The SMILES string of the molecule is Cc1cc(CN2C[C@@H](F)C[C@H]2CN(C)C(=O)CCC2CCOC2)on1. The molecule has 7 heteroatoms. The summed E-state index contributed by atoms with van der Waals surface area (Å²) in [6.07, 6.45) is 2.07. The van der Waals surface area contributed by atoms with Gasteiger partial charge in [-0.25, -0.2) is 4.39 Å². The second kappa shape index (κ2) is 8.27. The number of aromatic nitrogens is 1. The van der Waals surface area contributed by atoms with Crippen LogP contribution in [-0.2, 0) is 16.1 Å². The first-order valence-electron chi connectivity index (χ1n) is 9.13. The summed E-state index contributed by atoms with van der Waals surface area (Å²) < 4.78 is 24.5. The molecule has 25 heavy (non-hydrogen) atoms. The molecule has 0 aliphatic carbocycles. The van der Waals surface area contributed by atoms with Crippen molar-refractivity contribution in [2.24, 2.45) is 5.92 Å². The van der Waals surface area contributed by atoms with E-state index in [2.05, 4.69) is 10.1 Å². The third-order valence-corrected chi connectivity index (χ3v) is 5.21. The van der Waals surface area contributed by atoms with Crippen LogP contribution in [0.2, 0.25) is 0 Å².